The van der Waals surface area contributed by atoms with E-state index in [9.17, 15) is 34.8 Å². The van der Waals surface area contributed by atoms with E-state index in [0.717, 1.165) is 31.4 Å². The number of primary amides is 1. The molecule has 220 valence electrons. The zero-order valence-electron chi connectivity index (χ0n) is 23.8. The molecule has 11 heteroatoms. The van der Waals surface area contributed by atoms with Crippen molar-refractivity contribution in [3.63, 3.8) is 0 Å². The number of anilines is 1. The van der Waals surface area contributed by atoms with Crippen LogP contribution in [0.3, 0.4) is 0 Å². The number of aliphatic hydroxyl groups excluding tert-OH is 2. The highest BCUT2D eigenvalue weighted by Crippen LogP contribution is 2.53. The molecule has 6 N–H and O–H groups in total. The van der Waals surface area contributed by atoms with Gasteiger partial charge in [0.2, 0.25) is 5.78 Å². The van der Waals surface area contributed by atoms with E-state index in [4.69, 9.17) is 5.73 Å². The number of amides is 1. The molecule has 4 atom stereocenters. The van der Waals surface area contributed by atoms with Crippen molar-refractivity contribution in [3.05, 3.63) is 45.4 Å². The Morgan fingerprint density at radius 1 is 1.07 bits per heavy atom. The zero-order valence-corrected chi connectivity index (χ0v) is 23.8. The van der Waals surface area contributed by atoms with Gasteiger partial charge in [-0.2, -0.15) is 0 Å². The summed E-state index contributed by atoms with van der Waals surface area (Å²) in [4.78, 5) is 45.8. The standard InChI is InChI=1S/C30H38N4O7/c1-32(2)19-11-14(12-34-15-5-6-16(34)8-7-15)24(35)21-17(19)9-13-10-18-23(33(3)4)26(37)22(29(31)40)28(39)30(18,41)27(38)20(13)25(21)36/h11,13,15-16,18,23,35,37-38,41H,5-10,12H2,1-4H3,(H2,31,40)/t13-,15?,16?,18-,23-,30-/m0/s1. The highest BCUT2D eigenvalue weighted by atomic mass is 16.3. The minimum Gasteiger partial charge on any atom is -0.510 e. The van der Waals surface area contributed by atoms with Gasteiger partial charge in [-0.25, -0.2) is 0 Å². The maximum atomic E-state index is 14.2. The number of phenols is 1. The van der Waals surface area contributed by atoms with Crippen LogP contribution in [-0.4, -0.2) is 99.6 Å². The lowest BCUT2D eigenvalue weighted by molar-refractivity contribution is -0.148. The van der Waals surface area contributed by atoms with E-state index >= 15 is 0 Å². The number of allylic oxidation sites excluding steroid dienone is 1. The van der Waals surface area contributed by atoms with E-state index in [2.05, 4.69) is 4.90 Å². The van der Waals surface area contributed by atoms with Crippen LogP contribution in [0.1, 0.15) is 53.6 Å². The van der Waals surface area contributed by atoms with Gasteiger partial charge in [0.1, 0.15) is 22.8 Å². The van der Waals surface area contributed by atoms with Crippen molar-refractivity contribution in [1.82, 2.24) is 9.80 Å². The zero-order chi connectivity index (χ0) is 29.7. The maximum absolute atomic E-state index is 14.2. The molecular weight excluding hydrogens is 528 g/mol. The summed E-state index contributed by atoms with van der Waals surface area (Å²) in [7, 11) is 6.98. The van der Waals surface area contributed by atoms with E-state index < -0.39 is 58.0 Å². The van der Waals surface area contributed by atoms with Gasteiger partial charge in [-0.15, -0.1) is 0 Å². The van der Waals surface area contributed by atoms with Crippen LogP contribution in [0.25, 0.3) is 0 Å². The molecule has 41 heavy (non-hydrogen) atoms. The number of carbonyl (C=O) groups is 3. The van der Waals surface area contributed by atoms with Crippen molar-refractivity contribution in [2.45, 2.75) is 68.8 Å². The Morgan fingerprint density at radius 3 is 2.22 bits per heavy atom. The lowest BCUT2D eigenvalue weighted by Gasteiger charge is -2.50. The number of nitrogens with two attached hydrogens (primary N) is 1. The molecule has 2 aliphatic heterocycles. The lowest BCUT2D eigenvalue weighted by Crippen LogP contribution is -2.63. The average Bonchev–Trinajstić information content (AvgIpc) is 3.46. The number of phenolic OH excluding ortho intramolecular Hbond substituents is 1. The van der Waals surface area contributed by atoms with E-state index in [0.29, 0.717) is 29.8 Å². The molecular formula is C30H38N4O7. The fourth-order valence-corrected chi connectivity index (χ4v) is 8.35. The predicted molar refractivity (Wildman–Crippen MR) is 150 cm³/mol. The number of ketones is 2. The monoisotopic (exact) mass is 566 g/mol. The van der Waals surface area contributed by atoms with Crippen molar-refractivity contribution >= 4 is 23.2 Å². The number of carbonyl (C=O) groups excluding carboxylic acids is 3. The molecule has 0 aromatic heterocycles. The molecule has 6 rings (SSSR count). The number of fused-ring (bicyclic) bond motifs is 5. The normalized spacial score (nSPS) is 32.9. The third-order valence-corrected chi connectivity index (χ3v) is 10.2. The fourth-order valence-electron chi connectivity index (χ4n) is 8.35. The highest BCUT2D eigenvalue weighted by Gasteiger charge is 2.63. The summed E-state index contributed by atoms with van der Waals surface area (Å²) in [5.41, 5.74) is 3.95. The molecule has 2 saturated heterocycles. The molecule has 5 aliphatic rings. The topological polar surface area (TPSA) is 168 Å². The molecule has 2 heterocycles. The Labute approximate surface area is 238 Å². The quantitative estimate of drug-likeness (QED) is 0.328. The first-order chi connectivity index (χ1) is 19.3. The molecule has 3 aliphatic carbocycles. The number of Topliss-reactive ketones (excluding diaryl/α,β-unsaturated/α-hetero) is 2. The summed E-state index contributed by atoms with van der Waals surface area (Å²) in [6, 6.07) is 1.84. The number of benzene rings is 1. The van der Waals surface area contributed by atoms with Crippen molar-refractivity contribution in [2.75, 3.05) is 33.1 Å². The van der Waals surface area contributed by atoms with Crippen LogP contribution in [0.15, 0.2) is 28.7 Å². The summed E-state index contributed by atoms with van der Waals surface area (Å²) < 4.78 is 0. The minimum absolute atomic E-state index is 0.0677. The number of likely N-dealkylation sites (N-methyl/N-ethyl adjacent to an activating group) is 1. The van der Waals surface area contributed by atoms with Gasteiger partial charge in [0, 0.05) is 55.5 Å². The second kappa shape index (κ2) is 9.30. The SMILES string of the molecule is CN(C)c1cc(CN2C3CCC2CC3)c(O)c2c1C[C@H]1C[C@H]3[C@H](N(C)C)C(O)=C(C(N)=O)C(=O)[C@@]3(O)C(O)=C1C2=O. The molecule has 11 nitrogen and oxygen atoms in total. The second-order valence-corrected chi connectivity index (χ2v) is 12.7. The summed E-state index contributed by atoms with van der Waals surface area (Å²) in [5.74, 6) is -6.33. The van der Waals surface area contributed by atoms with E-state index in [1.54, 1.807) is 19.0 Å². The van der Waals surface area contributed by atoms with Gasteiger partial charge >= 0.3 is 0 Å². The third-order valence-electron chi connectivity index (χ3n) is 10.2. The molecule has 0 saturated carbocycles. The lowest BCUT2D eigenvalue weighted by atomic mass is 9.58. The van der Waals surface area contributed by atoms with E-state index in [-0.39, 0.29) is 29.7 Å². The first-order valence-electron chi connectivity index (χ1n) is 14.2. The molecule has 0 unspecified atom stereocenters. The minimum atomic E-state index is -2.64. The van der Waals surface area contributed by atoms with Crippen LogP contribution in [0.5, 0.6) is 5.75 Å². The van der Waals surface area contributed by atoms with Crippen LogP contribution < -0.4 is 10.6 Å². The smallest absolute Gasteiger partial charge is 0.255 e. The number of aromatic hydroxyl groups is 1. The Balaban J connectivity index is 1.50. The van der Waals surface area contributed by atoms with Gasteiger partial charge in [0.25, 0.3) is 5.91 Å². The number of hydrogen-bond acceptors (Lipinski definition) is 10. The van der Waals surface area contributed by atoms with Crippen LogP contribution in [0, 0.1) is 11.8 Å². The Hall–Kier alpha value is -3.41. The van der Waals surface area contributed by atoms with Gasteiger partial charge < -0.3 is 31.1 Å². The van der Waals surface area contributed by atoms with Crippen LogP contribution in [-0.2, 0) is 22.6 Å². The number of nitrogens with zero attached hydrogens (tertiary/aromatic N) is 3. The van der Waals surface area contributed by atoms with Crippen LogP contribution in [0.2, 0.25) is 0 Å². The molecule has 2 fully saturated rings. The molecule has 0 radical (unpaired) electrons. The molecule has 1 aromatic rings. The fraction of sp³-hybridized carbons (Fsp3) is 0.567. The third kappa shape index (κ3) is 3.71. The number of aliphatic hydroxyl groups is 3. The Bertz CT molecular complexity index is 1430. The van der Waals surface area contributed by atoms with Crippen molar-refractivity contribution in [2.24, 2.45) is 17.6 Å². The number of hydrogen-bond donors (Lipinski definition) is 5. The Kier molecular flexibility index (Phi) is 6.29. The Morgan fingerprint density at radius 2 is 1.68 bits per heavy atom. The van der Waals surface area contributed by atoms with Crippen molar-refractivity contribution in [3.8, 4) is 5.75 Å². The van der Waals surface area contributed by atoms with Gasteiger partial charge in [-0.05, 0) is 70.2 Å². The van der Waals surface area contributed by atoms with Gasteiger partial charge in [-0.1, -0.05) is 0 Å². The largest absolute Gasteiger partial charge is 0.510 e. The van der Waals surface area contributed by atoms with Gasteiger partial charge in [0.15, 0.2) is 11.4 Å². The van der Waals surface area contributed by atoms with Crippen LogP contribution >= 0.6 is 0 Å². The van der Waals surface area contributed by atoms with Gasteiger partial charge in [0.05, 0.1) is 11.6 Å². The first kappa shape index (κ1) is 27.7. The average molecular weight is 567 g/mol. The molecule has 1 amide bonds. The summed E-state index contributed by atoms with van der Waals surface area (Å²) in [5, 5.41) is 45.9. The molecule has 2 bridgehead atoms. The summed E-state index contributed by atoms with van der Waals surface area (Å²) in [6.45, 7) is 0.498. The van der Waals surface area contributed by atoms with E-state index in [1.807, 2.05) is 25.1 Å². The van der Waals surface area contributed by atoms with Gasteiger partial charge in [-0.3, -0.25) is 24.2 Å². The van der Waals surface area contributed by atoms with Crippen LogP contribution in [0.4, 0.5) is 5.69 Å². The highest BCUT2D eigenvalue weighted by molar-refractivity contribution is 6.25. The molecule has 0 spiro atoms. The second-order valence-electron chi connectivity index (χ2n) is 12.7. The van der Waals surface area contributed by atoms with Crippen molar-refractivity contribution < 1.29 is 34.8 Å². The first-order valence-corrected chi connectivity index (χ1v) is 14.2. The predicted octanol–water partition coefficient (Wildman–Crippen LogP) is 1.31. The summed E-state index contributed by atoms with van der Waals surface area (Å²) in [6.07, 6.45) is 4.83. The van der Waals surface area contributed by atoms with Crippen molar-refractivity contribution in [1.29, 1.82) is 0 Å². The molecule has 1 aromatic carbocycles. The number of rotatable bonds is 5. The van der Waals surface area contributed by atoms with E-state index in [1.165, 1.54) is 0 Å². The maximum Gasteiger partial charge on any atom is 0.255 e. The summed E-state index contributed by atoms with van der Waals surface area (Å²) >= 11 is 0.